The molecule has 30 heavy (non-hydrogen) atoms. The standard InChI is InChI=1S/C24H25ClN2O3/c1-24(19-11-13-20(25)14-12-19)22(29)27(23(30)26-24)15-21(28)18-9-7-17(8-10-18)16-5-3-2-4-6-16/h7-14,16H,2-6,15H2,1H3,(H,26,30). The van der Waals surface area contributed by atoms with Crippen molar-refractivity contribution in [3.8, 4) is 0 Å². The molecular weight excluding hydrogens is 400 g/mol. The molecule has 2 aromatic rings. The van der Waals surface area contributed by atoms with Crippen molar-refractivity contribution < 1.29 is 14.4 Å². The molecule has 6 heteroatoms. The Kier molecular flexibility index (Phi) is 5.65. The monoisotopic (exact) mass is 424 g/mol. The van der Waals surface area contributed by atoms with Crippen molar-refractivity contribution in [1.82, 2.24) is 10.2 Å². The van der Waals surface area contributed by atoms with Gasteiger partial charge in [-0.15, -0.1) is 0 Å². The molecule has 156 valence electrons. The molecule has 0 bridgehead atoms. The maximum atomic E-state index is 13.0. The van der Waals surface area contributed by atoms with E-state index in [1.54, 1.807) is 31.2 Å². The molecule has 0 spiro atoms. The van der Waals surface area contributed by atoms with Crippen LogP contribution in [0.25, 0.3) is 0 Å². The largest absolute Gasteiger partial charge is 0.325 e. The number of halogens is 1. The summed E-state index contributed by atoms with van der Waals surface area (Å²) >= 11 is 5.93. The van der Waals surface area contributed by atoms with Crippen LogP contribution in [0.3, 0.4) is 0 Å². The van der Waals surface area contributed by atoms with Gasteiger partial charge in [0, 0.05) is 10.6 Å². The van der Waals surface area contributed by atoms with Gasteiger partial charge >= 0.3 is 6.03 Å². The fourth-order valence-corrected chi connectivity index (χ4v) is 4.56. The van der Waals surface area contributed by atoms with Gasteiger partial charge in [0.1, 0.15) is 5.54 Å². The van der Waals surface area contributed by atoms with Crippen LogP contribution in [0.4, 0.5) is 4.79 Å². The van der Waals surface area contributed by atoms with E-state index < -0.39 is 17.5 Å². The Balaban J connectivity index is 1.47. The summed E-state index contributed by atoms with van der Waals surface area (Å²) in [5.74, 6) is -0.134. The van der Waals surface area contributed by atoms with E-state index in [4.69, 9.17) is 11.6 Å². The molecule has 1 heterocycles. The molecule has 2 fully saturated rings. The highest BCUT2D eigenvalue weighted by atomic mass is 35.5. The lowest BCUT2D eigenvalue weighted by molar-refractivity contribution is -0.130. The minimum Gasteiger partial charge on any atom is -0.319 e. The highest BCUT2D eigenvalue weighted by Gasteiger charge is 2.49. The second-order valence-corrected chi connectivity index (χ2v) is 8.77. The summed E-state index contributed by atoms with van der Waals surface area (Å²) < 4.78 is 0. The van der Waals surface area contributed by atoms with Crippen LogP contribution in [-0.4, -0.2) is 29.2 Å². The van der Waals surface area contributed by atoms with Crippen LogP contribution in [0, 0.1) is 0 Å². The molecule has 5 nitrogen and oxygen atoms in total. The molecule has 1 saturated carbocycles. The quantitative estimate of drug-likeness (QED) is 0.540. The Labute approximate surface area is 181 Å². The number of hydrogen-bond donors (Lipinski definition) is 1. The Hall–Kier alpha value is -2.66. The van der Waals surface area contributed by atoms with Gasteiger partial charge in [0.25, 0.3) is 5.91 Å². The van der Waals surface area contributed by atoms with Crippen LogP contribution in [0.2, 0.25) is 5.02 Å². The lowest BCUT2D eigenvalue weighted by Crippen LogP contribution is -2.41. The smallest absolute Gasteiger partial charge is 0.319 e. The van der Waals surface area contributed by atoms with Crippen molar-refractivity contribution in [1.29, 1.82) is 0 Å². The van der Waals surface area contributed by atoms with Crippen LogP contribution < -0.4 is 5.32 Å². The van der Waals surface area contributed by atoms with Crippen molar-refractivity contribution in [2.75, 3.05) is 6.54 Å². The van der Waals surface area contributed by atoms with E-state index in [1.807, 2.05) is 24.3 Å². The highest BCUT2D eigenvalue weighted by Crippen LogP contribution is 2.33. The van der Waals surface area contributed by atoms with Crippen molar-refractivity contribution in [2.45, 2.75) is 50.5 Å². The maximum absolute atomic E-state index is 13.0. The predicted octanol–water partition coefficient (Wildman–Crippen LogP) is 5.04. The van der Waals surface area contributed by atoms with Crippen LogP contribution >= 0.6 is 11.6 Å². The van der Waals surface area contributed by atoms with E-state index in [9.17, 15) is 14.4 Å². The van der Waals surface area contributed by atoms with E-state index in [0.717, 1.165) is 4.90 Å². The summed E-state index contributed by atoms with van der Waals surface area (Å²) in [5.41, 5.74) is 1.18. The molecule has 0 aromatic heterocycles. The fourth-order valence-electron chi connectivity index (χ4n) is 4.43. The van der Waals surface area contributed by atoms with Gasteiger partial charge in [0.2, 0.25) is 0 Å². The number of carbonyl (C=O) groups is 3. The number of Topliss-reactive ketones (excluding diaryl/α,β-unsaturated/α-hetero) is 1. The zero-order valence-electron chi connectivity index (χ0n) is 17.0. The van der Waals surface area contributed by atoms with Gasteiger partial charge in [-0.1, -0.05) is 67.3 Å². The Morgan fingerprint density at radius 2 is 1.67 bits per heavy atom. The predicted molar refractivity (Wildman–Crippen MR) is 116 cm³/mol. The minimum absolute atomic E-state index is 0.256. The molecule has 4 rings (SSSR count). The van der Waals surface area contributed by atoms with Gasteiger partial charge in [-0.2, -0.15) is 0 Å². The number of benzene rings is 2. The number of rotatable bonds is 5. The average Bonchev–Trinajstić information content (AvgIpc) is 2.98. The first-order valence-corrected chi connectivity index (χ1v) is 10.8. The van der Waals surface area contributed by atoms with Gasteiger partial charge in [-0.3, -0.25) is 14.5 Å². The first kappa shape index (κ1) is 20.6. The van der Waals surface area contributed by atoms with E-state index in [0.29, 0.717) is 22.1 Å². The number of urea groups is 1. The zero-order chi connectivity index (χ0) is 21.3. The zero-order valence-corrected chi connectivity index (χ0v) is 17.7. The molecule has 1 atom stereocenters. The third-order valence-electron chi connectivity index (χ3n) is 6.31. The second-order valence-electron chi connectivity index (χ2n) is 8.33. The molecule has 1 aliphatic carbocycles. The van der Waals surface area contributed by atoms with Crippen LogP contribution in [-0.2, 0) is 10.3 Å². The van der Waals surface area contributed by atoms with Crippen LogP contribution in [0.5, 0.6) is 0 Å². The fraction of sp³-hybridized carbons (Fsp3) is 0.375. The number of nitrogens with zero attached hydrogens (tertiary/aromatic N) is 1. The summed E-state index contributed by atoms with van der Waals surface area (Å²) in [5, 5.41) is 3.26. The van der Waals surface area contributed by atoms with Crippen molar-refractivity contribution in [2.24, 2.45) is 0 Å². The number of amides is 3. The summed E-state index contributed by atoms with van der Waals surface area (Å²) in [6.45, 7) is 1.36. The van der Waals surface area contributed by atoms with Gasteiger partial charge < -0.3 is 5.32 Å². The number of imide groups is 1. The van der Waals surface area contributed by atoms with Gasteiger partial charge in [-0.25, -0.2) is 4.79 Å². The summed E-state index contributed by atoms with van der Waals surface area (Å²) in [7, 11) is 0. The van der Waals surface area contributed by atoms with Crippen molar-refractivity contribution in [3.05, 3.63) is 70.2 Å². The lowest BCUT2D eigenvalue weighted by atomic mass is 9.84. The average molecular weight is 425 g/mol. The number of ketones is 1. The van der Waals surface area contributed by atoms with E-state index in [1.165, 1.54) is 37.7 Å². The normalized spacial score (nSPS) is 22.3. The first-order chi connectivity index (χ1) is 14.4. The molecular formula is C24H25ClN2O3. The Morgan fingerprint density at radius 3 is 2.30 bits per heavy atom. The van der Waals surface area contributed by atoms with E-state index in [-0.39, 0.29) is 12.3 Å². The topological polar surface area (TPSA) is 66.5 Å². The summed E-state index contributed by atoms with van der Waals surface area (Å²) in [6, 6.07) is 13.8. The van der Waals surface area contributed by atoms with Crippen LogP contribution in [0.1, 0.15) is 66.4 Å². The third-order valence-corrected chi connectivity index (χ3v) is 6.56. The SMILES string of the molecule is CC1(c2ccc(Cl)cc2)NC(=O)N(CC(=O)c2ccc(C3CCCCC3)cc2)C1=O. The molecule has 2 aromatic carbocycles. The Morgan fingerprint density at radius 1 is 1.03 bits per heavy atom. The lowest BCUT2D eigenvalue weighted by Gasteiger charge is -2.22. The minimum atomic E-state index is -1.22. The molecule has 1 unspecified atom stereocenters. The maximum Gasteiger partial charge on any atom is 0.325 e. The van der Waals surface area contributed by atoms with E-state index >= 15 is 0 Å². The van der Waals surface area contributed by atoms with Crippen molar-refractivity contribution in [3.63, 3.8) is 0 Å². The number of carbonyl (C=O) groups excluding carboxylic acids is 3. The molecule has 1 aliphatic heterocycles. The number of nitrogens with one attached hydrogen (secondary N) is 1. The molecule has 3 amide bonds. The molecule has 0 radical (unpaired) electrons. The second kappa shape index (κ2) is 8.23. The molecule has 1 saturated heterocycles. The van der Waals surface area contributed by atoms with E-state index in [2.05, 4.69) is 5.32 Å². The highest BCUT2D eigenvalue weighted by molar-refractivity contribution is 6.30. The van der Waals surface area contributed by atoms with Crippen LogP contribution in [0.15, 0.2) is 48.5 Å². The Bertz CT molecular complexity index is 965. The summed E-state index contributed by atoms with van der Waals surface area (Å²) in [6.07, 6.45) is 6.19. The number of hydrogen-bond acceptors (Lipinski definition) is 3. The van der Waals surface area contributed by atoms with Crippen molar-refractivity contribution >= 4 is 29.3 Å². The molecule has 1 N–H and O–H groups in total. The summed E-state index contributed by atoms with van der Waals surface area (Å²) in [4.78, 5) is 39.3. The first-order valence-electron chi connectivity index (χ1n) is 10.4. The van der Waals surface area contributed by atoms with Gasteiger partial charge in [0.05, 0.1) is 6.54 Å². The molecule has 2 aliphatic rings. The van der Waals surface area contributed by atoms with Gasteiger partial charge in [0.15, 0.2) is 5.78 Å². The third kappa shape index (κ3) is 3.86. The van der Waals surface area contributed by atoms with Gasteiger partial charge in [-0.05, 0) is 48.9 Å².